The van der Waals surface area contributed by atoms with E-state index in [9.17, 15) is 17.6 Å². The van der Waals surface area contributed by atoms with Crippen molar-refractivity contribution in [3.8, 4) is 0 Å². The second-order valence-corrected chi connectivity index (χ2v) is 6.28. The zero-order valence-corrected chi connectivity index (χ0v) is 12.3. The molecule has 0 fully saturated rings. The minimum absolute atomic E-state index is 0.0150. The van der Waals surface area contributed by atoms with Crippen LogP contribution >= 0.6 is 0 Å². The van der Waals surface area contributed by atoms with E-state index in [-0.39, 0.29) is 17.0 Å². The number of hydrogen-bond donors (Lipinski definition) is 2. The van der Waals surface area contributed by atoms with Crippen molar-refractivity contribution >= 4 is 16.0 Å². The average Bonchev–Trinajstić information content (AvgIpc) is 2.37. The Morgan fingerprint density at radius 3 is 2.55 bits per heavy atom. The van der Waals surface area contributed by atoms with Gasteiger partial charge in [-0.15, -0.1) is 0 Å². The molecule has 0 radical (unpaired) electrons. The molecule has 7 heteroatoms. The second kappa shape index (κ2) is 6.81. The summed E-state index contributed by atoms with van der Waals surface area (Å²) in [6, 6.07) is 1.97. The molecule has 0 atom stereocenters. The fourth-order valence-electron chi connectivity index (χ4n) is 1.71. The minimum Gasteiger partial charge on any atom is -0.478 e. The molecule has 0 aliphatic rings. The first-order chi connectivity index (χ1) is 9.29. The summed E-state index contributed by atoms with van der Waals surface area (Å²) in [5.74, 6) is -2.41. The molecule has 0 amide bonds. The summed E-state index contributed by atoms with van der Waals surface area (Å²) in [4.78, 5) is 10.7. The van der Waals surface area contributed by atoms with Gasteiger partial charge in [-0.3, -0.25) is 0 Å². The molecule has 0 unspecified atom stereocenters. The Hall–Kier alpha value is -1.47. The van der Waals surface area contributed by atoms with Gasteiger partial charge < -0.3 is 5.11 Å². The highest BCUT2D eigenvalue weighted by atomic mass is 32.2. The molecule has 5 nitrogen and oxygen atoms in total. The fourth-order valence-corrected chi connectivity index (χ4v) is 2.90. The van der Waals surface area contributed by atoms with Gasteiger partial charge in [0.1, 0.15) is 5.82 Å². The smallest absolute Gasteiger partial charge is 0.338 e. The average molecular weight is 303 g/mol. The van der Waals surface area contributed by atoms with Crippen LogP contribution < -0.4 is 4.72 Å². The molecule has 1 aromatic carbocycles. The number of halogens is 1. The topological polar surface area (TPSA) is 83.5 Å². The van der Waals surface area contributed by atoms with E-state index in [1.807, 2.05) is 6.92 Å². The maximum Gasteiger partial charge on any atom is 0.338 e. The number of sulfonamides is 1. The van der Waals surface area contributed by atoms with Crippen molar-refractivity contribution in [1.82, 2.24) is 4.72 Å². The number of hydrogen-bond acceptors (Lipinski definition) is 3. The lowest BCUT2D eigenvalue weighted by molar-refractivity contribution is 0.0691. The monoisotopic (exact) mass is 303 g/mol. The zero-order valence-electron chi connectivity index (χ0n) is 11.4. The molecular formula is C13H18FNO4S. The van der Waals surface area contributed by atoms with E-state index >= 15 is 0 Å². The third-order valence-corrected chi connectivity index (χ3v) is 4.28. The maximum atomic E-state index is 13.6. The van der Waals surface area contributed by atoms with E-state index in [0.717, 1.165) is 25.0 Å². The predicted molar refractivity (Wildman–Crippen MR) is 72.8 cm³/mol. The Morgan fingerprint density at radius 2 is 2.00 bits per heavy atom. The zero-order chi connectivity index (χ0) is 15.3. The van der Waals surface area contributed by atoms with Gasteiger partial charge in [-0.2, -0.15) is 0 Å². The Bertz CT molecular complexity index is 599. The van der Waals surface area contributed by atoms with Crippen molar-refractivity contribution in [3.63, 3.8) is 0 Å². The lowest BCUT2D eigenvalue weighted by Crippen LogP contribution is -2.25. The van der Waals surface area contributed by atoms with E-state index in [1.54, 1.807) is 0 Å². The third-order valence-electron chi connectivity index (χ3n) is 2.84. The van der Waals surface area contributed by atoms with Crippen molar-refractivity contribution < 1.29 is 22.7 Å². The Balaban J connectivity index is 3.04. The standard InChI is InChI=1S/C13H18FNO4S/c1-3-4-5-6-15-20(18,19)10-7-9(2)12(14)11(8-10)13(16)17/h7-8,15H,3-6H2,1-2H3,(H,16,17). The van der Waals surface area contributed by atoms with Crippen LogP contribution in [-0.2, 0) is 10.0 Å². The van der Waals surface area contributed by atoms with E-state index in [1.165, 1.54) is 6.92 Å². The van der Waals surface area contributed by atoms with Gasteiger partial charge in [0.15, 0.2) is 0 Å². The van der Waals surface area contributed by atoms with E-state index in [2.05, 4.69) is 4.72 Å². The summed E-state index contributed by atoms with van der Waals surface area (Å²) in [5.41, 5.74) is -0.655. The number of unbranched alkanes of at least 4 members (excludes halogenated alkanes) is 2. The van der Waals surface area contributed by atoms with Crippen LogP contribution in [0.2, 0.25) is 0 Å². The highest BCUT2D eigenvalue weighted by Gasteiger charge is 2.20. The first kappa shape index (κ1) is 16.6. The summed E-state index contributed by atoms with van der Waals surface area (Å²) in [5, 5.41) is 8.87. The van der Waals surface area contributed by atoms with Crippen LogP contribution in [0.15, 0.2) is 17.0 Å². The van der Waals surface area contributed by atoms with Gasteiger partial charge in [0.05, 0.1) is 10.5 Å². The summed E-state index contributed by atoms with van der Waals surface area (Å²) in [6.07, 6.45) is 2.55. The van der Waals surface area contributed by atoms with E-state index in [0.29, 0.717) is 6.42 Å². The normalized spacial score (nSPS) is 11.6. The molecule has 0 aliphatic heterocycles. The number of rotatable bonds is 7. The van der Waals surface area contributed by atoms with Gasteiger partial charge in [0.2, 0.25) is 10.0 Å². The number of aromatic carboxylic acids is 1. The second-order valence-electron chi connectivity index (χ2n) is 4.51. The largest absolute Gasteiger partial charge is 0.478 e. The van der Waals surface area contributed by atoms with Gasteiger partial charge in [0.25, 0.3) is 0 Å². The van der Waals surface area contributed by atoms with Gasteiger partial charge in [0, 0.05) is 6.54 Å². The van der Waals surface area contributed by atoms with Gasteiger partial charge in [-0.05, 0) is 31.0 Å². The molecule has 1 aromatic rings. The van der Waals surface area contributed by atoms with Crippen LogP contribution in [0.3, 0.4) is 0 Å². The summed E-state index contributed by atoms with van der Waals surface area (Å²) >= 11 is 0. The van der Waals surface area contributed by atoms with Crippen LogP contribution in [0.1, 0.15) is 42.1 Å². The summed E-state index contributed by atoms with van der Waals surface area (Å²) < 4.78 is 40.0. The molecule has 0 saturated carbocycles. The molecule has 0 bridgehead atoms. The Labute approximate surface area is 117 Å². The quantitative estimate of drug-likeness (QED) is 0.757. The highest BCUT2D eigenvalue weighted by molar-refractivity contribution is 7.89. The number of aryl methyl sites for hydroxylation is 1. The van der Waals surface area contributed by atoms with Gasteiger partial charge >= 0.3 is 5.97 Å². The summed E-state index contributed by atoms with van der Waals surface area (Å²) in [6.45, 7) is 3.60. The number of carboxylic acid groups (broad SMARTS) is 1. The Kier molecular flexibility index (Phi) is 5.64. The molecular weight excluding hydrogens is 285 g/mol. The number of nitrogens with one attached hydrogen (secondary N) is 1. The molecule has 0 aromatic heterocycles. The number of benzene rings is 1. The Morgan fingerprint density at radius 1 is 1.35 bits per heavy atom. The molecule has 2 N–H and O–H groups in total. The molecule has 1 rings (SSSR count). The molecule has 0 aliphatic carbocycles. The van der Waals surface area contributed by atoms with Crippen molar-refractivity contribution in [2.75, 3.05) is 6.54 Å². The SMILES string of the molecule is CCCCCNS(=O)(=O)c1cc(C)c(F)c(C(=O)O)c1. The van der Waals surface area contributed by atoms with Crippen LogP contribution in [0, 0.1) is 12.7 Å². The first-order valence-electron chi connectivity index (χ1n) is 6.32. The molecule has 112 valence electrons. The van der Waals surface area contributed by atoms with Crippen molar-refractivity contribution in [3.05, 3.63) is 29.1 Å². The van der Waals surface area contributed by atoms with E-state index in [4.69, 9.17) is 5.11 Å². The predicted octanol–water partition coefficient (Wildman–Crippen LogP) is 2.30. The lowest BCUT2D eigenvalue weighted by Gasteiger charge is -2.09. The minimum atomic E-state index is -3.82. The lowest BCUT2D eigenvalue weighted by atomic mass is 10.1. The van der Waals surface area contributed by atoms with Crippen molar-refractivity contribution in [1.29, 1.82) is 0 Å². The number of carboxylic acids is 1. The van der Waals surface area contributed by atoms with Crippen molar-refractivity contribution in [2.45, 2.75) is 38.0 Å². The summed E-state index contributed by atoms with van der Waals surface area (Å²) in [7, 11) is -3.82. The first-order valence-corrected chi connectivity index (χ1v) is 7.81. The highest BCUT2D eigenvalue weighted by Crippen LogP contribution is 2.19. The van der Waals surface area contributed by atoms with Crippen LogP contribution in [0.25, 0.3) is 0 Å². The fraction of sp³-hybridized carbons (Fsp3) is 0.462. The number of carbonyl (C=O) groups is 1. The molecule has 0 saturated heterocycles. The van der Waals surface area contributed by atoms with E-state index < -0.39 is 27.4 Å². The molecule has 0 spiro atoms. The maximum absolute atomic E-state index is 13.6. The van der Waals surface area contributed by atoms with Crippen molar-refractivity contribution in [2.24, 2.45) is 0 Å². The van der Waals surface area contributed by atoms with Crippen LogP contribution in [-0.4, -0.2) is 26.0 Å². The van der Waals surface area contributed by atoms with Gasteiger partial charge in [-0.1, -0.05) is 19.8 Å². The van der Waals surface area contributed by atoms with Gasteiger partial charge in [-0.25, -0.2) is 22.3 Å². The third kappa shape index (κ3) is 4.01. The molecule has 20 heavy (non-hydrogen) atoms. The van der Waals surface area contributed by atoms with Crippen LogP contribution in [0.4, 0.5) is 4.39 Å². The van der Waals surface area contributed by atoms with Crippen LogP contribution in [0.5, 0.6) is 0 Å². The molecule has 0 heterocycles.